The minimum absolute atomic E-state index is 0.274. The number of thioether (sulfide) groups is 1. The third-order valence-electron chi connectivity index (χ3n) is 5.12. The van der Waals surface area contributed by atoms with Gasteiger partial charge in [0.2, 0.25) is 5.52 Å². The zero-order valence-corrected chi connectivity index (χ0v) is 21.0. The first-order valence-corrected chi connectivity index (χ1v) is 13.9. The van der Waals surface area contributed by atoms with E-state index in [1.54, 1.807) is 23.1 Å². The molecule has 0 amide bonds. The Morgan fingerprint density at radius 2 is 2.06 bits per heavy atom. The van der Waals surface area contributed by atoms with Crippen LogP contribution in [0.5, 0.6) is 0 Å². The minimum Gasteiger partial charge on any atom is -0.349 e. The number of halogens is 1. The van der Waals surface area contributed by atoms with E-state index in [1.165, 1.54) is 10.5 Å². The lowest BCUT2D eigenvalue weighted by Gasteiger charge is -2.02. The molecule has 32 heavy (non-hydrogen) atoms. The van der Waals surface area contributed by atoms with Crippen molar-refractivity contribution >= 4 is 66.8 Å². The Morgan fingerprint density at radius 3 is 2.81 bits per heavy atom. The quantitative estimate of drug-likeness (QED) is 0.291. The standard InChI is InChI=1S/C23H23ClN2O3S3/c1-3-16(12-22-25-18-11-15(2)5-7-20(18)30-22)13-23-26(9-4-10-32(27,28)29)19-14-17(24)6-8-21(19)31-23/h5-8,11-14H,3-4,9-10H2,1-2H3,(H,27,28,29)/p+1. The fourth-order valence-electron chi connectivity index (χ4n) is 3.56. The Labute approximate surface area is 201 Å². The van der Waals surface area contributed by atoms with Crippen molar-refractivity contribution in [2.24, 2.45) is 0 Å². The predicted octanol–water partition coefficient (Wildman–Crippen LogP) is 6.28. The molecular formula is C23H24ClN2O3S3+. The predicted molar refractivity (Wildman–Crippen MR) is 135 cm³/mol. The van der Waals surface area contributed by atoms with Crippen LogP contribution in [0.2, 0.25) is 5.02 Å². The highest BCUT2D eigenvalue weighted by molar-refractivity contribution is 8.03. The van der Waals surface area contributed by atoms with Crippen molar-refractivity contribution in [1.29, 1.82) is 0 Å². The largest absolute Gasteiger partial charge is 0.349 e. The average Bonchev–Trinajstić information content (AvgIpc) is 3.26. The molecule has 0 unspecified atom stereocenters. The average molecular weight is 508 g/mol. The lowest BCUT2D eigenvalue weighted by molar-refractivity contribution is -0.668. The van der Waals surface area contributed by atoms with E-state index in [9.17, 15) is 8.42 Å². The fourth-order valence-corrected chi connectivity index (χ4v) is 6.33. The second-order valence-corrected chi connectivity index (χ2v) is 11.8. The molecule has 1 aromatic heterocycles. The molecule has 2 N–H and O–H groups in total. The van der Waals surface area contributed by atoms with Gasteiger partial charge in [-0.25, -0.2) is 0 Å². The smallest absolute Gasteiger partial charge is 0.265 e. The second kappa shape index (κ2) is 9.57. The lowest BCUT2D eigenvalue weighted by atomic mass is 10.2. The van der Waals surface area contributed by atoms with Crippen LogP contribution in [0.1, 0.15) is 30.3 Å². The van der Waals surface area contributed by atoms with Crippen molar-refractivity contribution in [2.45, 2.75) is 38.1 Å². The van der Waals surface area contributed by atoms with E-state index in [2.05, 4.69) is 54.1 Å². The third-order valence-corrected chi connectivity index (χ3v) is 8.29. The van der Waals surface area contributed by atoms with Crippen LogP contribution >= 0.6 is 34.7 Å². The molecular weight excluding hydrogens is 484 g/mol. The molecule has 5 nitrogen and oxygen atoms in total. The maximum Gasteiger partial charge on any atom is 0.265 e. The Kier molecular flexibility index (Phi) is 6.97. The number of nitrogens with one attached hydrogen (secondary N) is 1. The van der Waals surface area contributed by atoms with Gasteiger partial charge in [0.05, 0.1) is 16.5 Å². The van der Waals surface area contributed by atoms with Crippen LogP contribution < -0.4 is 9.88 Å². The van der Waals surface area contributed by atoms with Crippen molar-refractivity contribution in [3.8, 4) is 0 Å². The van der Waals surface area contributed by atoms with E-state index in [-0.39, 0.29) is 5.75 Å². The zero-order chi connectivity index (χ0) is 22.9. The molecule has 0 spiro atoms. The molecule has 0 aliphatic carbocycles. The molecule has 2 aromatic carbocycles. The lowest BCUT2D eigenvalue weighted by Crippen LogP contribution is -2.36. The summed E-state index contributed by atoms with van der Waals surface area (Å²) in [6.07, 6.45) is 5.48. The Balaban J connectivity index is 1.67. The number of fused-ring (bicyclic) bond motifs is 2. The Bertz CT molecular complexity index is 1340. The first-order valence-electron chi connectivity index (χ1n) is 10.3. The molecule has 1 aliphatic heterocycles. The van der Waals surface area contributed by atoms with Gasteiger partial charge in [-0.2, -0.15) is 13.0 Å². The van der Waals surface area contributed by atoms with Crippen molar-refractivity contribution in [1.82, 2.24) is 0 Å². The topological polar surface area (TPSA) is 70.3 Å². The Hall–Kier alpha value is -1.84. The summed E-state index contributed by atoms with van der Waals surface area (Å²) in [5, 5.41) is 6.23. The van der Waals surface area contributed by atoms with Gasteiger partial charge in [-0.15, -0.1) is 0 Å². The molecule has 168 valence electrons. The van der Waals surface area contributed by atoms with Crippen LogP contribution in [0.15, 0.2) is 58.0 Å². The maximum absolute atomic E-state index is 11.2. The number of hydrogen-bond donors (Lipinski definition) is 2. The first-order chi connectivity index (χ1) is 15.2. The van der Waals surface area contributed by atoms with Crippen LogP contribution in [0.25, 0.3) is 16.3 Å². The summed E-state index contributed by atoms with van der Waals surface area (Å²) in [5.74, 6) is -0.274. The number of thiazole rings is 1. The second-order valence-electron chi connectivity index (χ2n) is 7.65. The van der Waals surface area contributed by atoms with Crippen LogP contribution in [-0.4, -0.2) is 18.7 Å². The van der Waals surface area contributed by atoms with Gasteiger partial charge < -0.3 is 5.32 Å². The molecule has 9 heteroatoms. The highest BCUT2D eigenvalue weighted by Gasteiger charge is 2.21. The summed E-state index contributed by atoms with van der Waals surface area (Å²) < 4.78 is 34.7. The zero-order valence-electron chi connectivity index (χ0n) is 17.8. The normalized spacial score (nSPS) is 15.4. The summed E-state index contributed by atoms with van der Waals surface area (Å²) in [6.45, 7) is 4.67. The third kappa shape index (κ3) is 5.55. The van der Waals surface area contributed by atoms with Crippen LogP contribution in [-0.2, 0) is 16.7 Å². The molecule has 1 aliphatic rings. The number of hydrogen-bond acceptors (Lipinski definition) is 5. The summed E-state index contributed by atoms with van der Waals surface area (Å²) in [7, 11) is -4.00. The van der Waals surface area contributed by atoms with E-state index in [0.29, 0.717) is 18.0 Å². The van der Waals surface area contributed by atoms with Gasteiger partial charge >= 0.3 is 0 Å². The van der Waals surface area contributed by atoms with Crippen LogP contribution in [0.4, 0.5) is 5.69 Å². The number of aromatic nitrogens is 1. The number of anilines is 1. The van der Waals surface area contributed by atoms with Crippen molar-refractivity contribution in [3.63, 3.8) is 0 Å². The molecule has 4 rings (SSSR count). The highest BCUT2D eigenvalue weighted by Crippen LogP contribution is 2.41. The van der Waals surface area contributed by atoms with Crippen molar-refractivity contribution in [2.75, 3.05) is 11.1 Å². The van der Waals surface area contributed by atoms with Gasteiger partial charge in [0, 0.05) is 28.5 Å². The molecule has 0 atom stereocenters. The molecule has 2 heterocycles. The van der Waals surface area contributed by atoms with Gasteiger partial charge in [-0.05, 0) is 54.8 Å². The molecule has 0 saturated heterocycles. The van der Waals surface area contributed by atoms with Crippen LogP contribution in [0, 0.1) is 6.92 Å². The fraction of sp³-hybridized carbons (Fsp3) is 0.261. The monoisotopic (exact) mass is 507 g/mol. The number of allylic oxidation sites excluding steroid dienone is 2. The number of benzene rings is 2. The summed E-state index contributed by atoms with van der Waals surface area (Å²) in [4.78, 5) is 1.22. The minimum atomic E-state index is -4.00. The van der Waals surface area contributed by atoms with E-state index < -0.39 is 10.1 Å². The number of nitrogens with zero attached hydrogens (tertiary/aromatic N) is 1. The Morgan fingerprint density at radius 1 is 1.25 bits per heavy atom. The highest BCUT2D eigenvalue weighted by atomic mass is 35.5. The van der Waals surface area contributed by atoms with Gasteiger partial charge in [-0.1, -0.05) is 47.7 Å². The number of aryl methyl sites for hydroxylation is 2. The summed E-state index contributed by atoms with van der Waals surface area (Å²) in [6, 6.07) is 12.1. The summed E-state index contributed by atoms with van der Waals surface area (Å²) in [5.41, 5.74) is 4.47. The van der Waals surface area contributed by atoms with E-state index in [0.717, 1.165) is 37.9 Å². The first kappa shape index (κ1) is 23.3. The summed E-state index contributed by atoms with van der Waals surface area (Å²) >= 11 is 9.59. The maximum atomic E-state index is 11.2. The van der Waals surface area contributed by atoms with Crippen LogP contribution in [0.3, 0.4) is 0 Å². The van der Waals surface area contributed by atoms with E-state index in [1.807, 2.05) is 18.2 Å². The molecule has 0 saturated carbocycles. The van der Waals surface area contributed by atoms with E-state index >= 15 is 0 Å². The molecule has 0 radical (unpaired) electrons. The van der Waals surface area contributed by atoms with Crippen molar-refractivity contribution in [3.05, 3.63) is 68.7 Å². The van der Waals surface area contributed by atoms with E-state index in [4.69, 9.17) is 16.2 Å². The SMILES string of the molecule is CCC(/C=C1/Nc2cc(C)ccc2S1)=C\c1sc2ccc(Cl)cc2[n+]1CCCS(=O)(=O)O. The van der Waals surface area contributed by atoms with Gasteiger partial charge in [0.15, 0.2) is 6.54 Å². The number of rotatable bonds is 7. The van der Waals surface area contributed by atoms with Crippen molar-refractivity contribution < 1.29 is 17.5 Å². The molecule has 0 bridgehead atoms. The van der Waals surface area contributed by atoms with Gasteiger partial charge in [-0.3, -0.25) is 4.55 Å². The van der Waals surface area contributed by atoms with Gasteiger partial charge in [0.1, 0.15) is 4.70 Å². The van der Waals surface area contributed by atoms with Gasteiger partial charge in [0.25, 0.3) is 15.1 Å². The molecule has 0 fully saturated rings. The molecule has 3 aromatic rings.